The molecule has 7 nitrogen and oxygen atoms in total. The molecule has 4 rings (SSSR count). The number of imide groups is 1. The minimum absolute atomic E-state index is 0.0479. The van der Waals surface area contributed by atoms with Crippen molar-refractivity contribution < 1.29 is 41.5 Å². The topological polar surface area (TPSA) is 92.8 Å². The summed E-state index contributed by atoms with van der Waals surface area (Å²) < 4.78 is 59.6. The number of benzene rings is 3. The maximum atomic E-state index is 16.2. The van der Waals surface area contributed by atoms with Crippen LogP contribution >= 0.6 is 0 Å². The Labute approximate surface area is 207 Å². The van der Waals surface area contributed by atoms with E-state index in [0.717, 1.165) is 19.2 Å². The van der Waals surface area contributed by atoms with Crippen LogP contribution in [0.1, 0.15) is 48.4 Å². The van der Waals surface area contributed by atoms with Gasteiger partial charge in [0.1, 0.15) is 0 Å². The Bertz CT molecular complexity index is 1350. The van der Waals surface area contributed by atoms with Gasteiger partial charge in [0, 0.05) is 11.3 Å². The first-order valence-electron chi connectivity index (χ1n) is 10.8. The Hall–Kier alpha value is -4.54. The molecule has 3 amide bonds. The molecule has 0 fully saturated rings. The minimum Gasteiger partial charge on any atom is -0.465 e. The van der Waals surface area contributed by atoms with Gasteiger partial charge in [0.05, 0.1) is 29.4 Å². The van der Waals surface area contributed by atoms with Crippen LogP contribution in [0.5, 0.6) is 0 Å². The summed E-state index contributed by atoms with van der Waals surface area (Å²) >= 11 is 0. The molecule has 1 heterocycles. The molecule has 190 valence electrons. The van der Waals surface area contributed by atoms with Crippen molar-refractivity contribution in [2.24, 2.45) is 0 Å². The second-order valence-electron chi connectivity index (χ2n) is 8.02. The molecule has 0 bridgehead atoms. The summed E-state index contributed by atoms with van der Waals surface area (Å²) in [6.07, 6.45) is -7.01. The van der Waals surface area contributed by atoms with E-state index in [2.05, 4.69) is 10.1 Å². The number of halogens is 4. The molecule has 0 radical (unpaired) electrons. The minimum atomic E-state index is -4.62. The highest BCUT2D eigenvalue weighted by atomic mass is 19.4. The Kier molecular flexibility index (Phi) is 6.80. The van der Waals surface area contributed by atoms with E-state index in [1.807, 2.05) is 0 Å². The Morgan fingerprint density at radius 2 is 1.41 bits per heavy atom. The van der Waals surface area contributed by atoms with Gasteiger partial charge in [0.2, 0.25) is 0 Å². The lowest BCUT2D eigenvalue weighted by Gasteiger charge is -2.29. The van der Waals surface area contributed by atoms with Gasteiger partial charge in [-0.2, -0.15) is 13.2 Å². The zero-order valence-electron chi connectivity index (χ0n) is 19.1. The first-order valence-corrected chi connectivity index (χ1v) is 10.8. The zero-order valence-corrected chi connectivity index (χ0v) is 19.1. The maximum Gasteiger partial charge on any atom is 0.416 e. The number of nitrogens with zero attached hydrogens (tertiary/aromatic N) is 1. The molecule has 3 aromatic rings. The summed E-state index contributed by atoms with van der Waals surface area (Å²) in [6.45, 7) is 0. The number of fused-ring (bicyclic) bond motifs is 1. The van der Waals surface area contributed by atoms with Crippen molar-refractivity contribution in [3.63, 3.8) is 0 Å². The highest BCUT2D eigenvalue weighted by Gasteiger charge is 2.47. The zero-order chi connectivity index (χ0) is 26.9. The van der Waals surface area contributed by atoms with Crippen LogP contribution < -0.4 is 5.32 Å². The van der Waals surface area contributed by atoms with E-state index in [0.29, 0.717) is 17.0 Å². The van der Waals surface area contributed by atoms with Gasteiger partial charge in [-0.05, 0) is 42.5 Å². The van der Waals surface area contributed by atoms with Crippen LogP contribution in [0.3, 0.4) is 0 Å². The Morgan fingerprint density at radius 1 is 0.865 bits per heavy atom. The SMILES string of the molecule is COC(=O)c1ccccc1[C@H](F)[C@@H](C(=O)Nc1ccc(C(F)(F)F)cc1)N1C(=O)c2ccccc2C1=O. The summed E-state index contributed by atoms with van der Waals surface area (Å²) in [5.41, 5.74) is -1.76. The van der Waals surface area contributed by atoms with Crippen LogP contribution in [0.15, 0.2) is 72.8 Å². The number of carbonyl (C=O) groups is 4. The van der Waals surface area contributed by atoms with Crippen LogP contribution in [-0.2, 0) is 15.7 Å². The van der Waals surface area contributed by atoms with Crippen molar-refractivity contribution in [3.8, 4) is 0 Å². The standard InChI is InChI=1S/C26H18F4N2O5/c1-37-25(36)19-9-5-2-6-16(19)20(27)21(32-23(34)17-7-3-4-8-18(17)24(32)35)22(33)31-15-12-10-14(11-13-15)26(28,29)30/h2-13,20-21H,1H3,(H,31,33)/t20-,21-/m0/s1. The molecule has 0 unspecified atom stereocenters. The average molecular weight is 514 g/mol. The van der Waals surface area contributed by atoms with Crippen LogP contribution in [0.2, 0.25) is 0 Å². The number of esters is 1. The van der Waals surface area contributed by atoms with E-state index >= 15 is 4.39 Å². The van der Waals surface area contributed by atoms with E-state index in [4.69, 9.17) is 0 Å². The summed E-state index contributed by atoms with van der Waals surface area (Å²) in [7, 11) is 1.07. The summed E-state index contributed by atoms with van der Waals surface area (Å²) in [6, 6.07) is 12.2. The predicted molar refractivity (Wildman–Crippen MR) is 122 cm³/mol. The summed E-state index contributed by atoms with van der Waals surface area (Å²) in [5, 5.41) is 2.27. The Morgan fingerprint density at radius 3 is 1.95 bits per heavy atom. The highest BCUT2D eigenvalue weighted by molar-refractivity contribution is 6.23. The van der Waals surface area contributed by atoms with Crippen molar-refractivity contribution in [2.45, 2.75) is 18.4 Å². The number of amides is 3. The van der Waals surface area contributed by atoms with E-state index in [1.54, 1.807) is 0 Å². The lowest BCUT2D eigenvalue weighted by Crippen LogP contribution is -2.50. The third-order valence-corrected chi connectivity index (χ3v) is 5.79. The lowest BCUT2D eigenvalue weighted by molar-refractivity contribution is -0.137. The molecule has 0 spiro atoms. The fourth-order valence-electron chi connectivity index (χ4n) is 4.00. The monoisotopic (exact) mass is 514 g/mol. The smallest absolute Gasteiger partial charge is 0.416 e. The largest absolute Gasteiger partial charge is 0.465 e. The van der Waals surface area contributed by atoms with Crippen LogP contribution in [0.25, 0.3) is 0 Å². The molecule has 3 aromatic carbocycles. The quantitative estimate of drug-likeness (QED) is 0.290. The van der Waals surface area contributed by atoms with Gasteiger partial charge in [-0.25, -0.2) is 9.18 Å². The van der Waals surface area contributed by atoms with Gasteiger partial charge >= 0.3 is 12.1 Å². The van der Waals surface area contributed by atoms with E-state index in [9.17, 15) is 32.3 Å². The number of alkyl halides is 4. The third-order valence-electron chi connectivity index (χ3n) is 5.79. The van der Waals surface area contributed by atoms with Gasteiger partial charge < -0.3 is 10.1 Å². The third kappa shape index (κ3) is 4.80. The van der Waals surface area contributed by atoms with Crippen molar-refractivity contribution >= 4 is 29.4 Å². The second-order valence-corrected chi connectivity index (χ2v) is 8.02. The first-order chi connectivity index (χ1) is 17.5. The van der Waals surface area contributed by atoms with Gasteiger partial charge in [-0.1, -0.05) is 30.3 Å². The van der Waals surface area contributed by atoms with Crippen LogP contribution in [0.4, 0.5) is 23.2 Å². The molecule has 1 N–H and O–H groups in total. The lowest BCUT2D eigenvalue weighted by atomic mass is 9.96. The molecule has 0 saturated carbocycles. The summed E-state index contributed by atoms with van der Waals surface area (Å²) in [5.74, 6) is -3.98. The van der Waals surface area contributed by atoms with Gasteiger partial charge in [-0.15, -0.1) is 0 Å². The van der Waals surface area contributed by atoms with Crippen molar-refractivity contribution in [1.29, 1.82) is 0 Å². The normalized spacial score (nSPS) is 14.7. The number of carbonyl (C=O) groups excluding carboxylic acids is 4. The molecular weight excluding hydrogens is 496 g/mol. The number of methoxy groups -OCH3 is 1. The second kappa shape index (κ2) is 9.84. The fraction of sp³-hybridized carbons (Fsp3) is 0.154. The van der Waals surface area contributed by atoms with Gasteiger partial charge in [0.15, 0.2) is 12.2 Å². The number of rotatable bonds is 6. The van der Waals surface area contributed by atoms with Gasteiger partial charge in [0.25, 0.3) is 17.7 Å². The number of hydrogen-bond acceptors (Lipinski definition) is 5. The predicted octanol–water partition coefficient (Wildman–Crippen LogP) is 4.81. The molecule has 0 aromatic heterocycles. The average Bonchev–Trinajstić information content (AvgIpc) is 3.13. The molecule has 0 aliphatic carbocycles. The molecule has 0 saturated heterocycles. The number of ether oxygens (including phenoxy) is 1. The highest BCUT2D eigenvalue weighted by Crippen LogP contribution is 2.35. The number of anilines is 1. The molecule has 2 atom stereocenters. The van der Waals surface area contributed by atoms with E-state index in [1.165, 1.54) is 48.5 Å². The maximum absolute atomic E-state index is 16.2. The molecule has 1 aliphatic heterocycles. The van der Waals surface area contributed by atoms with Crippen LogP contribution in [0, 0.1) is 0 Å². The van der Waals surface area contributed by atoms with E-state index in [-0.39, 0.29) is 27.9 Å². The molecular formula is C26H18F4N2O5. The van der Waals surface area contributed by atoms with Crippen molar-refractivity contribution in [2.75, 3.05) is 12.4 Å². The molecule has 37 heavy (non-hydrogen) atoms. The van der Waals surface area contributed by atoms with Crippen LogP contribution in [-0.4, -0.2) is 41.7 Å². The number of nitrogens with one attached hydrogen (secondary N) is 1. The molecule has 11 heteroatoms. The first kappa shape index (κ1) is 25.5. The van der Waals surface area contributed by atoms with Gasteiger partial charge in [-0.3, -0.25) is 19.3 Å². The Balaban J connectivity index is 1.75. The van der Waals surface area contributed by atoms with Crippen molar-refractivity contribution in [3.05, 3.63) is 101 Å². The van der Waals surface area contributed by atoms with E-state index < -0.39 is 47.6 Å². The fourth-order valence-corrected chi connectivity index (χ4v) is 4.00. The summed E-state index contributed by atoms with van der Waals surface area (Å²) in [4.78, 5) is 52.3. The molecule has 1 aliphatic rings. The van der Waals surface area contributed by atoms with Crippen molar-refractivity contribution in [1.82, 2.24) is 4.90 Å². The number of hydrogen-bond donors (Lipinski definition) is 1.